The topological polar surface area (TPSA) is 72.5 Å². The molecule has 0 aromatic heterocycles. The second kappa shape index (κ2) is 5.97. The van der Waals surface area contributed by atoms with E-state index < -0.39 is 5.92 Å². The Labute approximate surface area is 155 Å². The minimum Gasteiger partial charge on any atom is -0.493 e. The van der Waals surface area contributed by atoms with Crippen LogP contribution in [-0.2, 0) is 9.53 Å². The maximum absolute atomic E-state index is 12.6. The number of ether oxygens (including phenoxy) is 6. The quantitative estimate of drug-likeness (QED) is 0.769. The van der Waals surface area contributed by atoms with E-state index in [2.05, 4.69) is 0 Å². The van der Waals surface area contributed by atoms with Crippen LogP contribution in [0.4, 0.5) is 0 Å². The van der Waals surface area contributed by atoms with Gasteiger partial charge in [0.2, 0.25) is 6.79 Å². The third-order valence-corrected chi connectivity index (χ3v) is 5.31. The molecule has 1 saturated heterocycles. The van der Waals surface area contributed by atoms with Gasteiger partial charge in [0.05, 0.1) is 14.2 Å². The average molecular weight is 370 g/mol. The Morgan fingerprint density at radius 1 is 0.963 bits per heavy atom. The number of benzene rings is 2. The first-order valence-corrected chi connectivity index (χ1v) is 8.69. The Morgan fingerprint density at radius 2 is 1.78 bits per heavy atom. The Hall–Kier alpha value is -3.09. The molecule has 3 aliphatic rings. The van der Waals surface area contributed by atoms with Gasteiger partial charge in [-0.2, -0.15) is 0 Å². The number of cyclic esters (lactones) is 1. The van der Waals surface area contributed by atoms with Crippen molar-refractivity contribution < 1.29 is 33.2 Å². The van der Waals surface area contributed by atoms with Crippen molar-refractivity contribution in [3.8, 4) is 28.7 Å². The fourth-order valence-electron chi connectivity index (χ4n) is 4.13. The summed E-state index contributed by atoms with van der Waals surface area (Å²) in [6.45, 7) is 0.389. The van der Waals surface area contributed by atoms with Crippen LogP contribution in [0.1, 0.15) is 17.0 Å². The molecule has 3 atom stereocenters. The van der Waals surface area contributed by atoms with Gasteiger partial charge in [-0.1, -0.05) is 12.1 Å². The van der Waals surface area contributed by atoms with Crippen LogP contribution in [0.25, 0.3) is 0 Å². The molecule has 0 saturated carbocycles. The van der Waals surface area contributed by atoms with Crippen molar-refractivity contribution in [3.05, 3.63) is 41.5 Å². The van der Waals surface area contributed by atoms with E-state index >= 15 is 0 Å². The Kier molecular flexibility index (Phi) is 3.56. The third-order valence-electron chi connectivity index (χ3n) is 5.31. The SMILES string of the molecule is COc1cccc([C@H]2c3cc4c(cc3O[C@@H]3COC(=O)[C@H]23)OCO4)c1OC. The van der Waals surface area contributed by atoms with E-state index in [9.17, 15) is 4.79 Å². The maximum atomic E-state index is 12.6. The highest BCUT2D eigenvalue weighted by atomic mass is 16.7. The summed E-state index contributed by atoms with van der Waals surface area (Å²) in [4.78, 5) is 12.6. The van der Waals surface area contributed by atoms with Gasteiger partial charge in [-0.15, -0.1) is 0 Å². The van der Waals surface area contributed by atoms with Crippen LogP contribution in [0, 0.1) is 5.92 Å². The lowest BCUT2D eigenvalue weighted by atomic mass is 9.76. The average Bonchev–Trinajstić information content (AvgIpc) is 3.30. The van der Waals surface area contributed by atoms with E-state index in [1.165, 1.54) is 0 Å². The highest BCUT2D eigenvalue weighted by molar-refractivity contribution is 5.79. The first-order valence-electron chi connectivity index (χ1n) is 8.69. The highest BCUT2D eigenvalue weighted by Gasteiger charge is 2.50. The fraction of sp³-hybridized carbons (Fsp3) is 0.350. The van der Waals surface area contributed by atoms with Gasteiger partial charge in [0.25, 0.3) is 0 Å². The molecule has 5 rings (SSSR count). The molecular formula is C20H18O7. The molecule has 2 aromatic carbocycles. The van der Waals surface area contributed by atoms with Crippen LogP contribution in [0.3, 0.4) is 0 Å². The summed E-state index contributed by atoms with van der Waals surface area (Å²) in [5.41, 5.74) is 1.68. The minimum absolute atomic E-state index is 0.167. The molecule has 0 aliphatic carbocycles. The number of fused-ring (bicyclic) bond motifs is 3. The van der Waals surface area contributed by atoms with E-state index in [1.807, 2.05) is 30.3 Å². The number of para-hydroxylation sites is 1. The zero-order chi connectivity index (χ0) is 18.5. The van der Waals surface area contributed by atoms with Crippen molar-refractivity contribution in [3.63, 3.8) is 0 Å². The predicted molar refractivity (Wildman–Crippen MR) is 92.8 cm³/mol. The van der Waals surface area contributed by atoms with Crippen molar-refractivity contribution in [2.45, 2.75) is 12.0 Å². The number of esters is 1. The van der Waals surface area contributed by atoms with Gasteiger partial charge in [0, 0.05) is 23.1 Å². The van der Waals surface area contributed by atoms with Crippen molar-refractivity contribution >= 4 is 5.97 Å². The molecule has 1 fully saturated rings. The number of hydrogen-bond donors (Lipinski definition) is 0. The Morgan fingerprint density at radius 3 is 2.56 bits per heavy atom. The molecule has 0 N–H and O–H groups in total. The van der Waals surface area contributed by atoms with Crippen molar-refractivity contribution in [2.75, 3.05) is 27.6 Å². The zero-order valence-corrected chi connectivity index (χ0v) is 14.9. The first kappa shape index (κ1) is 16.1. The molecule has 2 aromatic rings. The predicted octanol–water partition coefficient (Wildman–Crippen LogP) is 2.50. The van der Waals surface area contributed by atoms with E-state index in [0.29, 0.717) is 28.7 Å². The number of carbonyl (C=O) groups is 1. The number of rotatable bonds is 3. The van der Waals surface area contributed by atoms with Gasteiger partial charge in [0.1, 0.15) is 24.4 Å². The number of hydrogen-bond acceptors (Lipinski definition) is 7. The first-order chi connectivity index (χ1) is 13.2. The lowest BCUT2D eigenvalue weighted by molar-refractivity contribution is -0.141. The monoisotopic (exact) mass is 370 g/mol. The molecule has 3 aliphatic heterocycles. The fourth-order valence-corrected chi connectivity index (χ4v) is 4.13. The van der Waals surface area contributed by atoms with Crippen LogP contribution in [0.5, 0.6) is 28.7 Å². The third kappa shape index (κ3) is 2.31. The van der Waals surface area contributed by atoms with Gasteiger partial charge in [-0.3, -0.25) is 4.79 Å². The largest absolute Gasteiger partial charge is 0.493 e. The summed E-state index contributed by atoms with van der Waals surface area (Å²) in [7, 11) is 3.18. The summed E-state index contributed by atoms with van der Waals surface area (Å²) < 4.78 is 33.5. The van der Waals surface area contributed by atoms with Crippen molar-refractivity contribution in [1.29, 1.82) is 0 Å². The van der Waals surface area contributed by atoms with Gasteiger partial charge in [0.15, 0.2) is 23.0 Å². The molecule has 0 unspecified atom stereocenters. The van der Waals surface area contributed by atoms with Crippen LogP contribution < -0.4 is 23.7 Å². The van der Waals surface area contributed by atoms with E-state index in [0.717, 1.165) is 11.1 Å². The molecule has 0 amide bonds. The number of carbonyl (C=O) groups excluding carboxylic acids is 1. The molecule has 140 valence electrons. The normalized spacial score (nSPS) is 24.5. The molecule has 0 radical (unpaired) electrons. The van der Waals surface area contributed by atoms with E-state index in [4.69, 9.17) is 28.4 Å². The molecule has 7 heteroatoms. The van der Waals surface area contributed by atoms with Gasteiger partial charge < -0.3 is 28.4 Å². The van der Waals surface area contributed by atoms with Gasteiger partial charge in [-0.05, 0) is 12.1 Å². The van der Waals surface area contributed by atoms with Gasteiger partial charge in [-0.25, -0.2) is 0 Å². The molecule has 3 heterocycles. The van der Waals surface area contributed by atoms with Crippen LogP contribution in [0.2, 0.25) is 0 Å². The van der Waals surface area contributed by atoms with Gasteiger partial charge >= 0.3 is 5.97 Å². The summed E-state index contributed by atoms with van der Waals surface area (Å²) in [6.07, 6.45) is -0.369. The summed E-state index contributed by atoms with van der Waals surface area (Å²) in [6, 6.07) is 9.34. The lowest BCUT2D eigenvalue weighted by Gasteiger charge is -2.34. The standard InChI is InChI=1S/C20H18O7/c1-22-12-5-3-4-10(19(12)23-2)17-11-6-14-15(26-9-25-14)7-13(11)27-16-8-24-20(21)18(16)17/h3-7,16-18H,8-9H2,1-2H3/t16-,17+,18+/m1/s1. The Bertz CT molecular complexity index is 923. The molecule has 7 nitrogen and oxygen atoms in total. The van der Waals surface area contributed by atoms with Crippen LogP contribution in [0.15, 0.2) is 30.3 Å². The van der Waals surface area contributed by atoms with Crippen LogP contribution >= 0.6 is 0 Å². The van der Waals surface area contributed by atoms with E-state index in [1.54, 1.807) is 14.2 Å². The lowest BCUT2D eigenvalue weighted by Crippen LogP contribution is -2.37. The second-order valence-corrected chi connectivity index (χ2v) is 6.62. The molecule has 27 heavy (non-hydrogen) atoms. The smallest absolute Gasteiger partial charge is 0.313 e. The van der Waals surface area contributed by atoms with Crippen LogP contribution in [-0.4, -0.2) is 39.7 Å². The molecule has 0 spiro atoms. The van der Waals surface area contributed by atoms with Crippen molar-refractivity contribution in [1.82, 2.24) is 0 Å². The summed E-state index contributed by atoms with van der Waals surface area (Å²) in [5, 5.41) is 0. The Balaban J connectivity index is 1.74. The maximum Gasteiger partial charge on any atom is 0.313 e. The molecule has 0 bridgehead atoms. The summed E-state index contributed by atoms with van der Waals surface area (Å²) in [5.74, 6) is 2.06. The second-order valence-electron chi connectivity index (χ2n) is 6.62. The molecular weight excluding hydrogens is 352 g/mol. The number of methoxy groups -OCH3 is 2. The minimum atomic E-state index is -0.473. The van der Waals surface area contributed by atoms with E-state index in [-0.39, 0.29) is 31.4 Å². The highest BCUT2D eigenvalue weighted by Crippen LogP contribution is 2.53. The summed E-state index contributed by atoms with van der Waals surface area (Å²) >= 11 is 0. The van der Waals surface area contributed by atoms with Crippen molar-refractivity contribution in [2.24, 2.45) is 5.92 Å². The zero-order valence-electron chi connectivity index (χ0n) is 14.9.